The molecule has 0 saturated heterocycles. The van der Waals surface area contributed by atoms with Crippen molar-refractivity contribution < 1.29 is 18.9 Å². The van der Waals surface area contributed by atoms with Gasteiger partial charge in [-0.2, -0.15) is 0 Å². The quantitative estimate of drug-likeness (QED) is 0.328. The van der Waals surface area contributed by atoms with Gasteiger partial charge in [0.25, 0.3) is 0 Å². The molecule has 3 radical (unpaired) electrons. The summed E-state index contributed by atoms with van der Waals surface area (Å²) in [5.41, 5.74) is -1.14. The molecule has 0 fully saturated rings. The highest BCUT2D eigenvalue weighted by Gasteiger charge is 2.22. The van der Waals surface area contributed by atoms with E-state index in [1.54, 1.807) is 0 Å². The second-order valence-corrected chi connectivity index (χ2v) is 3.39. The normalized spacial score (nSPS) is 12.0. The lowest BCUT2D eigenvalue weighted by Gasteiger charge is -2.26. The van der Waals surface area contributed by atoms with Crippen molar-refractivity contribution in [3.63, 3.8) is 0 Å². The van der Waals surface area contributed by atoms with Gasteiger partial charge in [0.1, 0.15) is 0 Å². The summed E-state index contributed by atoms with van der Waals surface area (Å²) in [4.78, 5) is 0. The van der Waals surface area contributed by atoms with E-state index >= 15 is 0 Å². The number of ether oxygens (including phenoxy) is 4. The second-order valence-electron chi connectivity index (χ2n) is 2.78. The zero-order valence-corrected chi connectivity index (χ0v) is 10.2. The third-order valence-corrected chi connectivity index (χ3v) is 2.25. The SMILES string of the molecule is CCCCOCCOC([Si])(OC)OC. The Morgan fingerprint density at radius 2 is 1.71 bits per heavy atom. The standard InChI is InChI=1S/C9H19O4Si/c1-4-5-6-12-7-8-13-9(14,10-2)11-3/h4-8H2,1-3H3. The van der Waals surface area contributed by atoms with Gasteiger partial charge in [0.05, 0.1) is 13.2 Å². The third kappa shape index (κ3) is 6.50. The number of hydrogen-bond acceptors (Lipinski definition) is 4. The first kappa shape index (κ1) is 14.1. The molecule has 0 rings (SSSR count). The van der Waals surface area contributed by atoms with Crippen LogP contribution in [0.1, 0.15) is 19.8 Å². The van der Waals surface area contributed by atoms with Gasteiger partial charge < -0.3 is 18.9 Å². The highest BCUT2D eigenvalue weighted by Crippen LogP contribution is 2.06. The molecule has 0 saturated carbocycles. The zero-order chi connectivity index (χ0) is 10.9. The van der Waals surface area contributed by atoms with Crippen LogP contribution in [-0.4, -0.2) is 49.9 Å². The molecule has 0 N–H and O–H groups in total. The van der Waals surface area contributed by atoms with Crippen molar-refractivity contribution in [2.45, 2.75) is 25.4 Å². The number of hydrogen-bond donors (Lipinski definition) is 0. The van der Waals surface area contributed by atoms with Gasteiger partial charge in [-0.3, -0.25) is 0 Å². The smallest absolute Gasteiger partial charge is 0.248 e. The van der Waals surface area contributed by atoms with E-state index in [9.17, 15) is 0 Å². The van der Waals surface area contributed by atoms with Crippen molar-refractivity contribution >= 4 is 10.2 Å². The second kappa shape index (κ2) is 8.37. The largest absolute Gasteiger partial charge is 0.379 e. The maximum absolute atomic E-state index is 5.30. The molecule has 14 heavy (non-hydrogen) atoms. The average molecular weight is 219 g/mol. The van der Waals surface area contributed by atoms with E-state index in [-0.39, 0.29) is 0 Å². The van der Waals surface area contributed by atoms with Crippen molar-refractivity contribution in [1.82, 2.24) is 0 Å². The summed E-state index contributed by atoms with van der Waals surface area (Å²) >= 11 is 0. The van der Waals surface area contributed by atoms with Gasteiger partial charge in [0.15, 0.2) is 10.2 Å². The first-order chi connectivity index (χ1) is 6.68. The Labute approximate surface area is 89.3 Å². The van der Waals surface area contributed by atoms with Gasteiger partial charge in [-0.25, -0.2) is 0 Å². The minimum atomic E-state index is -1.14. The highest BCUT2D eigenvalue weighted by atomic mass is 28.1. The Balaban J connectivity index is 3.34. The monoisotopic (exact) mass is 219 g/mol. The Kier molecular flexibility index (Phi) is 8.41. The van der Waals surface area contributed by atoms with E-state index in [1.165, 1.54) is 14.2 Å². The first-order valence-electron chi connectivity index (χ1n) is 4.75. The summed E-state index contributed by atoms with van der Waals surface area (Å²) < 4.78 is 20.4. The van der Waals surface area contributed by atoms with Crippen LogP contribution in [-0.2, 0) is 18.9 Å². The van der Waals surface area contributed by atoms with E-state index in [0.29, 0.717) is 13.2 Å². The lowest BCUT2D eigenvalue weighted by Crippen LogP contribution is -2.38. The molecule has 0 aromatic carbocycles. The van der Waals surface area contributed by atoms with Crippen molar-refractivity contribution in [1.29, 1.82) is 0 Å². The van der Waals surface area contributed by atoms with Crippen molar-refractivity contribution in [3.05, 3.63) is 0 Å². The third-order valence-electron chi connectivity index (χ3n) is 1.70. The van der Waals surface area contributed by atoms with Crippen molar-refractivity contribution in [2.75, 3.05) is 34.0 Å². The molecule has 0 aliphatic heterocycles. The predicted octanol–water partition coefficient (Wildman–Crippen LogP) is 0.892. The Hall–Kier alpha value is 0.0569. The number of unbranched alkanes of at least 4 members (excludes halogenated alkanes) is 1. The van der Waals surface area contributed by atoms with Gasteiger partial charge in [0.2, 0.25) is 5.60 Å². The van der Waals surface area contributed by atoms with Crippen LogP contribution in [0.4, 0.5) is 0 Å². The molecule has 0 aliphatic rings. The van der Waals surface area contributed by atoms with E-state index in [1.807, 2.05) is 0 Å². The van der Waals surface area contributed by atoms with E-state index in [0.717, 1.165) is 19.4 Å². The lowest BCUT2D eigenvalue weighted by molar-refractivity contribution is -0.306. The van der Waals surface area contributed by atoms with Crippen LogP contribution in [0, 0.1) is 0 Å². The molecular weight excluding hydrogens is 200 g/mol. The summed E-state index contributed by atoms with van der Waals surface area (Å²) in [6.07, 6.45) is 2.21. The fourth-order valence-corrected chi connectivity index (χ4v) is 0.887. The minimum absolute atomic E-state index is 0.425. The van der Waals surface area contributed by atoms with Crippen LogP contribution in [0.2, 0.25) is 0 Å². The molecule has 0 spiro atoms. The molecule has 83 valence electrons. The summed E-state index contributed by atoms with van der Waals surface area (Å²) in [7, 11) is 6.19. The molecule has 0 aromatic heterocycles. The Morgan fingerprint density at radius 1 is 1.07 bits per heavy atom. The maximum atomic E-state index is 5.30. The highest BCUT2D eigenvalue weighted by molar-refractivity contribution is 6.12. The molecular formula is C9H19O4Si. The van der Waals surface area contributed by atoms with Gasteiger partial charge >= 0.3 is 0 Å². The fraction of sp³-hybridized carbons (Fsp3) is 1.00. The zero-order valence-electron chi connectivity index (χ0n) is 9.17. The average Bonchev–Trinajstić information content (AvgIpc) is 2.23. The molecule has 0 aliphatic carbocycles. The molecule has 0 unspecified atom stereocenters. The summed E-state index contributed by atoms with van der Waals surface area (Å²) in [5.74, 6) is 0. The molecule has 0 amide bonds. The number of rotatable bonds is 9. The lowest BCUT2D eigenvalue weighted by atomic mass is 10.4. The molecule has 0 heterocycles. The molecule has 0 aromatic rings. The van der Waals surface area contributed by atoms with Crippen molar-refractivity contribution in [3.8, 4) is 0 Å². The first-order valence-corrected chi connectivity index (χ1v) is 5.25. The van der Waals surface area contributed by atoms with E-state index in [4.69, 9.17) is 18.9 Å². The van der Waals surface area contributed by atoms with Gasteiger partial charge in [-0.1, -0.05) is 13.3 Å². The maximum Gasteiger partial charge on any atom is 0.248 e. The molecule has 4 nitrogen and oxygen atoms in total. The van der Waals surface area contributed by atoms with Crippen molar-refractivity contribution in [2.24, 2.45) is 0 Å². The van der Waals surface area contributed by atoms with Gasteiger partial charge in [-0.05, 0) is 6.42 Å². The van der Waals surface area contributed by atoms with Crippen LogP contribution in [0.5, 0.6) is 0 Å². The summed E-state index contributed by atoms with van der Waals surface area (Å²) in [6, 6.07) is 0. The molecule has 0 bridgehead atoms. The number of methoxy groups -OCH3 is 2. The Bertz CT molecular complexity index is 128. The fourth-order valence-electron chi connectivity index (χ4n) is 0.785. The molecule has 5 heteroatoms. The topological polar surface area (TPSA) is 36.9 Å². The van der Waals surface area contributed by atoms with Crippen LogP contribution < -0.4 is 0 Å². The molecule has 0 atom stereocenters. The van der Waals surface area contributed by atoms with Crippen LogP contribution >= 0.6 is 0 Å². The van der Waals surface area contributed by atoms with Crippen LogP contribution in [0.25, 0.3) is 0 Å². The summed E-state index contributed by atoms with van der Waals surface area (Å²) in [6.45, 7) is 3.86. The predicted molar refractivity (Wildman–Crippen MR) is 54.2 cm³/mol. The Morgan fingerprint density at radius 3 is 2.21 bits per heavy atom. The van der Waals surface area contributed by atoms with Crippen LogP contribution in [0.3, 0.4) is 0 Å². The van der Waals surface area contributed by atoms with Gasteiger partial charge in [-0.15, -0.1) is 0 Å². The van der Waals surface area contributed by atoms with Crippen LogP contribution in [0.15, 0.2) is 0 Å². The van der Waals surface area contributed by atoms with E-state index in [2.05, 4.69) is 17.2 Å². The summed E-state index contributed by atoms with van der Waals surface area (Å²) in [5, 5.41) is 0. The van der Waals surface area contributed by atoms with E-state index < -0.39 is 5.60 Å². The minimum Gasteiger partial charge on any atom is -0.379 e. The van der Waals surface area contributed by atoms with Gasteiger partial charge in [0, 0.05) is 20.8 Å².